The number of aromatic nitrogens is 1. The largest absolute Gasteiger partial charge is 0.444 e. The lowest BCUT2D eigenvalue weighted by Crippen LogP contribution is -2.41. The molecule has 0 bridgehead atoms. The summed E-state index contributed by atoms with van der Waals surface area (Å²) in [5, 5.41) is 4.58. The van der Waals surface area contributed by atoms with Gasteiger partial charge in [-0.1, -0.05) is 0 Å². The van der Waals surface area contributed by atoms with Gasteiger partial charge in [0.1, 0.15) is 5.60 Å². The molecule has 5 nitrogen and oxygen atoms in total. The van der Waals surface area contributed by atoms with Gasteiger partial charge in [-0.2, -0.15) is 0 Å². The van der Waals surface area contributed by atoms with Crippen molar-refractivity contribution in [1.29, 1.82) is 0 Å². The highest BCUT2D eigenvalue weighted by Gasteiger charge is 2.22. The maximum absolute atomic E-state index is 11.8. The zero-order valence-electron chi connectivity index (χ0n) is 10.3. The molecule has 1 heterocycles. The van der Waals surface area contributed by atoms with Crippen molar-refractivity contribution in [2.24, 2.45) is 0 Å². The summed E-state index contributed by atoms with van der Waals surface area (Å²) in [6.07, 6.45) is 0.952. The summed E-state index contributed by atoms with van der Waals surface area (Å²) < 4.78 is 5.06. The van der Waals surface area contributed by atoms with Gasteiger partial charge >= 0.3 is 6.09 Å². The Kier molecular flexibility index (Phi) is 4.22. The molecule has 0 radical (unpaired) electrons. The van der Waals surface area contributed by atoms with E-state index in [0.29, 0.717) is 5.01 Å². The minimum Gasteiger partial charge on any atom is -0.444 e. The van der Waals surface area contributed by atoms with Crippen LogP contribution in [-0.4, -0.2) is 28.5 Å². The lowest BCUT2D eigenvalue weighted by atomic mass is 10.2. The van der Waals surface area contributed by atoms with Crippen molar-refractivity contribution < 1.29 is 14.3 Å². The average Bonchev–Trinajstić information content (AvgIpc) is 2.65. The van der Waals surface area contributed by atoms with Crippen LogP contribution in [0.4, 0.5) is 4.79 Å². The minimum absolute atomic E-state index is 0.217. The monoisotopic (exact) mass is 256 g/mol. The molecule has 6 heteroatoms. The van der Waals surface area contributed by atoms with Gasteiger partial charge in [-0.15, -0.1) is 11.3 Å². The van der Waals surface area contributed by atoms with E-state index in [9.17, 15) is 9.59 Å². The van der Waals surface area contributed by atoms with Gasteiger partial charge in [0.05, 0.1) is 6.04 Å². The van der Waals surface area contributed by atoms with Crippen LogP contribution in [-0.2, 0) is 4.74 Å². The molecule has 0 aliphatic rings. The van der Waals surface area contributed by atoms with Crippen LogP contribution in [0.5, 0.6) is 0 Å². The Morgan fingerprint density at radius 2 is 2.12 bits per heavy atom. The highest BCUT2D eigenvalue weighted by Crippen LogP contribution is 2.09. The number of hydrogen-bond acceptors (Lipinski definition) is 5. The molecule has 0 aliphatic heterocycles. The molecule has 1 N–H and O–H groups in total. The van der Waals surface area contributed by atoms with Gasteiger partial charge in [-0.25, -0.2) is 9.78 Å². The first-order valence-electron chi connectivity index (χ1n) is 5.23. The van der Waals surface area contributed by atoms with Crippen LogP contribution in [0.15, 0.2) is 11.6 Å². The van der Waals surface area contributed by atoms with Crippen molar-refractivity contribution in [3.05, 3.63) is 16.6 Å². The molecule has 1 rings (SSSR count). The lowest BCUT2D eigenvalue weighted by Gasteiger charge is -2.21. The summed E-state index contributed by atoms with van der Waals surface area (Å²) in [7, 11) is 0. The normalized spacial score (nSPS) is 12.9. The number of hydrogen-bond donors (Lipinski definition) is 1. The van der Waals surface area contributed by atoms with Crippen LogP contribution >= 0.6 is 11.3 Å². The smallest absolute Gasteiger partial charge is 0.408 e. The van der Waals surface area contributed by atoms with Crippen molar-refractivity contribution in [1.82, 2.24) is 10.3 Å². The fourth-order valence-corrected chi connectivity index (χ4v) is 1.75. The van der Waals surface area contributed by atoms with Crippen molar-refractivity contribution in [2.45, 2.75) is 39.3 Å². The zero-order valence-corrected chi connectivity index (χ0v) is 11.1. The third-order valence-electron chi connectivity index (χ3n) is 1.77. The summed E-state index contributed by atoms with van der Waals surface area (Å²) in [4.78, 5) is 27.1. The molecule has 94 valence electrons. The Morgan fingerprint density at radius 1 is 1.47 bits per heavy atom. The Hall–Kier alpha value is -1.43. The summed E-state index contributed by atoms with van der Waals surface area (Å²) >= 11 is 1.25. The third kappa shape index (κ3) is 4.52. The summed E-state index contributed by atoms with van der Waals surface area (Å²) in [5.74, 6) is -0.217. The van der Waals surface area contributed by atoms with Crippen LogP contribution in [0, 0.1) is 0 Å². The van der Waals surface area contributed by atoms with E-state index >= 15 is 0 Å². The topological polar surface area (TPSA) is 68.3 Å². The van der Waals surface area contributed by atoms with E-state index in [-0.39, 0.29) is 5.78 Å². The van der Waals surface area contributed by atoms with E-state index in [1.54, 1.807) is 39.3 Å². The molecule has 0 aliphatic carbocycles. The van der Waals surface area contributed by atoms with E-state index in [0.717, 1.165) is 0 Å². The molecule has 1 atom stereocenters. The number of nitrogens with one attached hydrogen (secondary N) is 1. The molecule has 0 fully saturated rings. The molecule has 1 unspecified atom stereocenters. The molecule has 17 heavy (non-hydrogen) atoms. The number of thiazole rings is 1. The molecular weight excluding hydrogens is 240 g/mol. The molecule has 1 aromatic rings. The molecule has 0 saturated heterocycles. The summed E-state index contributed by atoms with van der Waals surface area (Å²) in [5.41, 5.74) is -0.575. The van der Waals surface area contributed by atoms with Crippen LogP contribution < -0.4 is 5.32 Å². The maximum atomic E-state index is 11.8. The van der Waals surface area contributed by atoms with Gasteiger partial charge in [0, 0.05) is 11.6 Å². The number of carbonyl (C=O) groups excluding carboxylic acids is 2. The fourth-order valence-electron chi connectivity index (χ4n) is 1.08. The third-order valence-corrected chi connectivity index (χ3v) is 2.56. The van der Waals surface area contributed by atoms with Gasteiger partial charge in [-0.05, 0) is 27.7 Å². The second kappa shape index (κ2) is 5.27. The summed E-state index contributed by atoms with van der Waals surface area (Å²) in [6, 6.07) is -0.643. The average molecular weight is 256 g/mol. The number of amides is 1. The molecule has 1 aromatic heterocycles. The van der Waals surface area contributed by atoms with Crippen LogP contribution in [0.25, 0.3) is 0 Å². The first-order chi connectivity index (χ1) is 7.79. The first kappa shape index (κ1) is 13.6. The van der Waals surface area contributed by atoms with Gasteiger partial charge in [0.2, 0.25) is 5.78 Å². The highest BCUT2D eigenvalue weighted by atomic mass is 32.1. The predicted octanol–water partition coefficient (Wildman–Crippen LogP) is 2.24. The maximum Gasteiger partial charge on any atom is 0.408 e. The van der Waals surface area contributed by atoms with E-state index in [1.165, 1.54) is 11.3 Å². The second-order valence-corrected chi connectivity index (χ2v) is 5.46. The van der Waals surface area contributed by atoms with Gasteiger partial charge in [-0.3, -0.25) is 4.79 Å². The number of carbonyl (C=O) groups is 2. The molecule has 0 spiro atoms. The van der Waals surface area contributed by atoms with Crippen molar-refractivity contribution in [3.63, 3.8) is 0 Å². The van der Waals surface area contributed by atoms with E-state index < -0.39 is 17.7 Å². The number of Topliss-reactive ketones (excluding diaryl/α,β-unsaturated/α-hetero) is 1. The minimum atomic E-state index is -0.643. The van der Waals surface area contributed by atoms with E-state index in [1.807, 2.05) is 0 Å². The Morgan fingerprint density at radius 3 is 2.59 bits per heavy atom. The Balaban J connectivity index is 2.52. The quantitative estimate of drug-likeness (QED) is 0.842. The predicted molar refractivity (Wildman–Crippen MR) is 65.3 cm³/mol. The van der Waals surface area contributed by atoms with E-state index in [4.69, 9.17) is 4.74 Å². The molecule has 0 aromatic carbocycles. The number of ketones is 1. The van der Waals surface area contributed by atoms with Gasteiger partial charge in [0.25, 0.3) is 0 Å². The molecule has 1 amide bonds. The summed E-state index contributed by atoms with van der Waals surface area (Å²) in [6.45, 7) is 6.90. The van der Waals surface area contributed by atoms with Crippen LogP contribution in [0.2, 0.25) is 0 Å². The lowest BCUT2D eigenvalue weighted by molar-refractivity contribution is 0.0497. The van der Waals surface area contributed by atoms with Gasteiger partial charge in [0.15, 0.2) is 5.01 Å². The van der Waals surface area contributed by atoms with E-state index in [2.05, 4.69) is 10.3 Å². The number of alkyl carbamates (subject to hydrolysis) is 1. The van der Waals surface area contributed by atoms with Crippen molar-refractivity contribution in [3.8, 4) is 0 Å². The number of rotatable bonds is 3. The Labute approximate surface area is 104 Å². The standard InChI is InChI=1S/C11H16N2O3S/c1-7(8(14)9-12-5-6-17-9)13-10(15)16-11(2,3)4/h5-7H,1-4H3,(H,13,15). The first-order valence-corrected chi connectivity index (χ1v) is 6.11. The molecule has 0 saturated carbocycles. The zero-order chi connectivity index (χ0) is 13.1. The van der Waals surface area contributed by atoms with Crippen LogP contribution in [0.3, 0.4) is 0 Å². The molecular formula is C11H16N2O3S. The SMILES string of the molecule is CC(NC(=O)OC(C)(C)C)C(=O)c1nccs1. The fraction of sp³-hybridized carbons (Fsp3) is 0.545. The highest BCUT2D eigenvalue weighted by molar-refractivity contribution is 7.11. The van der Waals surface area contributed by atoms with Crippen molar-refractivity contribution in [2.75, 3.05) is 0 Å². The second-order valence-electron chi connectivity index (χ2n) is 4.57. The van der Waals surface area contributed by atoms with Crippen molar-refractivity contribution >= 4 is 23.2 Å². The number of nitrogens with zero attached hydrogens (tertiary/aromatic N) is 1. The number of ether oxygens (including phenoxy) is 1. The van der Waals surface area contributed by atoms with Gasteiger partial charge < -0.3 is 10.1 Å². The Bertz CT molecular complexity index is 395. The van der Waals surface area contributed by atoms with Crippen LogP contribution in [0.1, 0.15) is 37.5 Å².